The summed E-state index contributed by atoms with van der Waals surface area (Å²) >= 11 is 0. The maximum Gasteiger partial charge on any atom is 0.344 e. The molecule has 1 aromatic rings. The Bertz CT molecular complexity index is 583. The molecule has 0 aromatic heterocycles. The number of aliphatic hydroxyl groups excluding tert-OH is 1. The van der Waals surface area contributed by atoms with Gasteiger partial charge in [-0.1, -0.05) is 31.2 Å². The van der Waals surface area contributed by atoms with Crippen molar-refractivity contribution in [1.82, 2.24) is 5.32 Å². The molecule has 0 radical (unpaired) electrons. The number of hydrogen-bond donors (Lipinski definition) is 2. The highest BCUT2D eigenvalue weighted by Crippen LogP contribution is 2.17. The highest BCUT2D eigenvalue weighted by molar-refractivity contribution is 6.07. The van der Waals surface area contributed by atoms with Gasteiger partial charge in [0.25, 0.3) is 0 Å². The van der Waals surface area contributed by atoms with Crippen molar-refractivity contribution < 1.29 is 29.0 Å². The van der Waals surface area contributed by atoms with Gasteiger partial charge in [0.1, 0.15) is 6.61 Å². The van der Waals surface area contributed by atoms with Crippen molar-refractivity contribution in [2.75, 3.05) is 6.61 Å². The first-order chi connectivity index (χ1) is 11.4. The van der Waals surface area contributed by atoms with Crippen molar-refractivity contribution >= 4 is 17.8 Å². The van der Waals surface area contributed by atoms with Gasteiger partial charge in [-0.05, 0) is 24.5 Å². The van der Waals surface area contributed by atoms with E-state index in [2.05, 4.69) is 5.32 Å². The molecule has 0 heterocycles. The van der Waals surface area contributed by atoms with E-state index in [0.717, 1.165) is 5.56 Å². The Morgan fingerprint density at radius 1 is 1.04 bits per heavy atom. The molecule has 0 spiro atoms. The van der Waals surface area contributed by atoms with Crippen molar-refractivity contribution in [1.29, 1.82) is 0 Å². The van der Waals surface area contributed by atoms with Crippen LogP contribution >= 0.6 is 0 Å². The quantitative estimate of drug-likeness (QED) is 0.543. The largest absolute Gasteiger partial charge is 0.464 e. The van der Waals surface area contributed by atoms with E-state index in [9.17, 15) is 14.4 Å². The van der Waals surface area contributed by atoms with Crippen LogP contribution in [0.1, 0.15) is 38.3 Å². The van der Waals surface area contributed by atoms with Gasteiger partial charge in [-0.3, -0.25) is 4.79 Å². The lowest BCUT2D eigenvalue weighted by Gasteiger charge is -2.28. The third-order valence-corrected chi connectivity index (χ3v) is 3.47. The molecule has 1 rings (SSSR count). The molecule has 1 unspecified atom stereocenters. The van der Waals surface area contributed by atoms with Gasteiger partial charge in [-0.2, -0.15) is 0 Å². The van der Waals surface area contributed by atoms with E-state index < -0.39 is 23.4 Å². The van der Waals surface area contributed by atoms with Crippen molar-refractivity contribution in [3.05, 3.63) is 35.4 Å². The molecule has 24 heavy (non-hydrogen) atoms. The summed E-state index contributed by atoms with van der Waals surface area (Å²) in [7, 11) is 0. The minimum atomic E-state index is -1.85. The second kappa shape index (κ2) is 9.02. The molecule has 0 saturated carbocycles. The lowest BCUT2D eigenvalue weighted by molar-refractivity contribution is -0.169. The van der Waals surface area contributed by atoms with Gasteiger partial charge in [0.05, 0.1) is 13.2 Å². The molecule has 2 N–H and O–H groups in total. The molecular formula is C17H23NO6. The highest BCUT2D eigenvalue weighted by Gasteiger charge is 2.48. The zero-order chi connectivity index (χ0) is 18.2. The molecule has 0 fully saturated rings. The molecular weight excluding hydrogens is 314 g/mol. The van der Waals surface area contributed by atoms with Gasteiger partial charge in [0, 0.05) is 6.92 Å². The molecule has 0 saturated heterocycles. The second-order valence-electron chi connectivity index (χ2n) is 5.21. The number of esters is 2. The smallest absolute Gasteiger partial charge is 0.344 e. The minimum Gasteiger partial charge on any atom is -0.464 e. The third kappa shape index (κ3) is 4.79. The van der Waals surface area contributed by atoms with Gasteiger partial charge in [0.2, 0.25) is 11.4 Å². The maximum atomic E-state index is 12.5. The Kier molecular flexibility index (Phi) is 7.38. The van der Waals surface area contributed by atoms with Crippen molar-refractivity contribution in [3.8, 4) is 0 Å². The van der Waals surface area contributed by atoms with Crippen molar-refractivity contribution in [2.45, 2.75) is 45.9 Å². The van der Waals surface area contributed by atoms with Crippen LogP contribution in [0.4, 0.5) is 0 Å². The van der Waals surface area contributed by atoms with Crippen molar-refractivity contribution in [3.63, 3.8) is 0 Å². The summed E-state index contributed by atoms with van der Waals surface area (Å²) in [6, 6.07) is 6.81. The second-order valence-corrected chi connectivity index (χ2v) is 5.21. The molecule has 1 amide bonds. The number of carbonyl (C=O) groups excluding carboxylic acids is 3. The Morgan fingerprint density at radius 3 is 2.04 bits per heavy atom. The zero-order valence-corrected chi connectivity index (χ0v) is 14.1. The fourth-order valence-corrected chi connectivity index (χ4v) is 2.13. The number of carbonyl (C=O) groups is 3. The molecule has 1 atom stereocenters. The average Bonchev–Trinajstić information content (AvgIpc) is 2.57. The van der Waals surface area contributed by atoms with Crippen molar-refractivity contribution in [2.24, 2.45) is 0 Å². The molecule has 0 aliphatic rings. The number of nitrogens with one attached hydrogen (secondary N) is 1. The summed E-state index contributed by atoms with van der Waals surface area (Å²) in [6.07, 6.45) is 0.00764. The van der Waals surface area contributed by atoms with Crippen LogP contribution in [-0.4, -0.2) is 35.1 Å². The lowest BCUT2D eigenvalue weighted by atomic mass is 9.96. The van der Waals surface area contributed by atoms with Gasteiger partial charge in [-0.25, -0.2) is 9.59 Å². The Balaban J connectivity index is 2.89. The standard InChI is InChI=1S/C17H23NO6/c1-4-17(18-12(3)20,15(21)23-5-2)16(22)24-11-14-8-6-13(10-19)7-9-14/h6-9,19H,4-5,10-11H2,1-3H3,(H,18,20). The minimum absolute atomic E-state index is 0.00764. The summed E-state index contributed by atoms with van der Waals surface area (Å²) in [6.45, 7) is 4.35. The number of benzene rings is 1. The van der Waals surface area contributed by atoms with Crippen LogP contribution in [-0.2, 0) is 37.1 Å². The predicted octanol–water partition coefficient (Wildman–Crippen LogP) is 1.07. The fourth-order valence-electron chi connectivity index (χ4n) is 2.13. The zero-order valence-electron chi connectivity index (χ0n) is 14.1. The lowest BCUT2D eigenvalue weighted by Crippen LogP contribution is -2.60. The van der Waals surface area contributed by atoms with E-state index in [1.54, 1.807) is 38.1 Å². The molecule has 0 aliphatic carbocycles. The summed E-state index contributed by atoms with van der Waals surface area (Å²) in [5.41, 5.74) is -0.428. The Morgan fingerprint density at radius 2 is 1.58 bits per heavy atom. The summed E-state index contributed by atoms with van der Waals surface area (Å²) in [5.74, 6) is -2.25. The van der Waals surface area contributed by atoms with Crippen LogP contribution in [0.15, 0.2) is 24.3 Å². The van der Waals surface area contributed by atoms with E-state index in [0.29, 0.717) is 5.56 Å². The monoisotopic (exact) mass is 337 g/mol. The van der Waals surface area contributed by atoms with Gasteiger partial charge >= 0.3 is 11.9 Å². The molecule has 0 aliphatic heterocycles. The topological polar surface area (TPSA) is 102 Å². The van der Waals surface area contributed by atoms with E-state index >= 15 is 0 Å². The Hall–Kier alpha value is -2.41. The summed E-state index contributed by atoms with van der Waals surface area (Å²) in [5, 5.41) is 11.4. The van der Waals surface area contributed by atoms with E-state index in [-0.39, 0.29) is 26.2 Å². The van der Waals surface area contributed by atoms with Crippen LogP contribution in [0.5, 0.6) is 0 Å². The van der Waals surface area contributed by atoms with Gasteiger partial charge in [-0.15, -0.1) is 0 Å². The normalized spacial score (nSPS) is 12.8. The van der Waals surface area contributed by atoms with Crippen LogP contribution in [0.25, 0.3) is 0 Å². The summed E-state index contributed by atoms with van der Waals surface area (Å²) in [4.78, 5) is 36.1. The van der Waals surface area contributed by atoms with E-state index in [4.69, 9.17) is 14.6 Å². The SMILES string of the molecule is CCOC(=O)C(CC)(NC(C)=O)C(=O)OCc1ccc(CO)cc1. The average molecular weight is 337 g/mol. The number of rotatable bonds is 8. The molecule has 7 nitrogen and oxygen atoms in total. The number of amides is 1. The van der Waals surface area contributed by atoms with E-state index in [1.165, 1.54) is 6.92 Å². The van der Waals surface area contributed by atoms with Crippen LogP contribution in [0.2, 0.25) is 0 Å². The first-order valence-corrected chi connectivity index (χ1v) is 7.71. The predicted molar refractivity (Wildman–Crippen MR) is 85.6 cm³/mol. The first kappa shape index (κ1) is 19.6. The highest BCUT2D eigenvalue weighted by atomic mass is 16.6. The van der Waals surface area contributed by atoms with E-state index in [1.807, 2.05) is 0 Å². The third-order valence-electron chi connectivity index (χ3n) is 3.47. The Labute approximate surface area is 141 Å². The van der Waals surface area contributed by atoms with Crippen LogP contribution in [0.3, 0.4) is 0 Å². The molecule has 0 bridgehead atoms. The van der Waals surface area contributed by atoms with Gasteiger partial charge in [0.15, 0.2) is 0 Å². The number of aliphatic hydroxyl groups is 1. The maximum absolute atomic E-state index is 12.5. The van der Waals surface area contributed by atoms with Crippen LogP contribution in [0, 0.1) is 0 Å². The molecule has 132 valence electrons. The molecule has 1 aromatic carbocycles. The summed E-state index contributed by atoms with van der Waals surface area (Å²) < 4.78 is 10.1. The van der Waals surface area contributed by atoms with Crippen LogP contribution < -0.4 is 5.32 Å². The number of ether oxygens (including phenoxy) is 2. The molecule has 7 heteroatoms. The van der Waals surface area contributed by atoms with Gasteiger partial charge < -0.3 is 19.9 Å². The number of hydrogen-bond acceptors (Lipinski definition) is 6. The fraction of sp³-hybridized carbons (Fsp3) is 0.471. The first-order valence-electron chi connectivity index (χ1n) is 7.71.